The number of halogens is 1. The second-order valence-corrected chi connectivity index (χ2v) is 6.56. The lowest BCUT2D eigenvalue weighted by Gasteiger charge is -2.21. The first kappa shape index (κ1) is 19.6. The summed E-state index contributed by atoms with van der Waals surface area (Å²) in [7, 11) is 0. The zero-order chi connectivity index (χ0) is 19.3. The number of rotatable bonds is 6. The first-order valence-corrected chi connectivity index (χ1v) is 8.74. The Morgan fingerprint density at radius 1 is 1.54 bits per heavy atom. The lowest BCUT2D eigenvalue weighted by Crippen LogP contribution is -2.39. The SMILES string of the molecule is CCN(C[C@H](C)O)C(=O)Nc1nc(C)c(Oc2cc(F)cc(C#N)c2)s1. The van der Waals surface area contributed by atoms with E-state index in [9.17, 15) is 14.3 Å². The van der Waals surface area contributed by atoms with Crippen molar-refractivity contribution in [2.75, 3.05) is 18.4 Å². The number of nitrogens with one attached hydrogen (secondary N) is 1. The highest BCUT2D eigenvalue weighted by molar-refractivity contribution is 7.17. The van der Waals surface area contributed by atoms with Crippen LogP contribution in [0.1, 0.15) is 25.1 Å². The number of nitriles is 1. The number of aliphatic hydroxyl groups excluding tert-OH is 1. The fourth-order valence-electron chi connectivity index (χ4n) is 2.17. The molecular weight excluding hydrogens is 359 g/mol. The summed E-state index contributed by atoms with van der Waals surface area (Å²) in [6.07, 6.45) is -0.639. The molecule has 0 aliphatic rings. The van der Waals surface area contributed by atoms with Gasteiger partial charge in [0, 0.05) is 19.2 Å². The zero-order valence-electron chi connectivity index (χ0n) is 14.6. The standard InChI is InChI=1S/C17H19FN4O3S/c1-4-22(9-10(2)23)17(24)21-16-20-11(3)15(26-16)25-14-6-12(8-19)5-13(18)7-14/h5-7,10,23H,4,9H2,1-3H3,(H,20,21,24)/t10-/m0/s1. The van der Waals surface area contributed by atoms with Crippen LogP contribution in [0.3, 0.4) is 0 Å². The predicted octanol–water partition coefficient (Wildman–Crippen LogP) is 3.49. The minimum absolute atomic E-state index is 0.146. The third kappa shape index (κ3) is 5.15. The fourth-order valence-corrected chi connectivity index (χ4v) is 3.00. The molecule has 0 aliphatic carbocycles. The lowest BCUT2D eigenvalue weighted by atomic mass is 10.2. The maximum absolute atomic E-state index is 13.5. The first-order chi connectivity index (χ1) is 12.3. The smallest absolute Gasteiger partial charge is 0.323 e. The number of urea groups is 1. The number of aliphatic hydroxyl groups is 1. The Hall–Kier alpha value is -2.70. The molecular formula is C17H19FN4O3S. The molecule has 2 aromatic rings. The largest absolute Gasteiger partial charge is 0.444 e. The maximum atomic E-state index is 13.5. The van der Waals surface area contributed by atoms with Crippen LogP contribution in [-0.2, 0) is 0 Å². The van der Waals surface area contributed by atoms with E-state index in [1.54, 1.807) is 20.8 Å². The van der Waals surface area contributed by atoms with Gasteiger partial charge in [-0.1, -0.05) is 11.3 Å². The molecule has 0 fully saturated rings. The van der Waals surface area contributed by atoms with Crippen molar-refractivity contribution in [2.45, 2.75) is 26.9 Å². The number of aryl methyl sites for hydroxylation is 1. The Balaban J connectivity index is 2.13. The molecule has 1 aromatic heterocycles. The summed E-state index contributed by atoms with van der Waals surface area (Å²) >= 11 is 1.09. The van der Waals surface area contributed by atoms with E-state index in [1.165, 1.54) is 17.0 Å². The van der Waals surface area contributed by atoms with Gasteiger partial charge in [0.1, 0.15) is 11.6 Å². The Labute approximate surface area is 154 Å². The molecule has 2 amide bonds. The average molecular weight is 378 g/mol. The fraction of sp³-hybridized carbons (Fsp3) is 0.353. The van der Waals surface area contributed by atoms with Crippen molar-refractivity contribution in [3.8, 4) is 16.9 Å². The summed E-state index contributed by atoms with van der Waals surface area (Å²) in [5.74, 6) is -0.401. The van der Waals surface area contributed by atoms with E-state index in [4.69, 9.17) is 10.00 Å². The van der Waals surface area contributed by atoms with E-state index in [2.05, 4.69) is 10.3 Å². The summed E-state index contributed by atoms with van der Waals surface area (Å²) < 4.78 is 19.1. The molecule has 138 valence electrons. The van der Waals surface area contributed by atoms with Gasteiger partial charge in [-0.3, -0.25) is 5.32 Å². The molecule has 1 atom stereocenters. The number of benzene rings is 1. The van der Waals surface area contributed by atoms with Crippen molar-refractivity contribution in [3.05, 3.63) is 35.3 Å². The van der Waals surface area contributed by atoms with Gasteiger partial charge in [0.05, 0.1) is 23.4 Å². The average Bonchev–Trinajstić information content (AvgIpc) is 2.90. The number of anilines is 1. The van der Waals surface area contributed by atoms with Crippen molar-refractivity contribution < 1.29 is 19.0 Å². The van der Waals surface area contributed by atoms with Crippen LogP contribution in [0.4, 0.5) is 14.3 Å². The van der Waals surface area contributed by atoms with E-state index in [-0.39, 0.29) is 23.9 Å². The van der Waals surface area contributed by atoms with Gasteiger partial charge in [-0.2, -0.15) is 5.26 Å². The summed E-state index contributed by atoms with van der Waals surface area (Å²) in [6.45, 7) is 5.74. The highest BCUT2D eigenvalue weighted by Crippen LogP contribution is 2.34. The van der Waals surface area contributed by atoms with Crippen LogP contribution in [0.25, 0.3) is 0 Å². The zero-order valence-corrected chi connectivity index (χ0v) is 15.4. The normalized spacial score (nSPS) is 11.5. The Morgan fingerprint density at radius 3 is 2.88 bits per heavy atom. The number of ether oxygens (including phenoxy) is 1. The molecule has 1 heterocycles. The number of hydrogen-bond donors (Lipinski definition) is 2. The van der Waals surface area contributed by atoms with Crippen molar-refractivity contribution in [1.29, 1.82) is 5.26 Å². The molecule has 0 saturated carbocycles. The molecule has 0 unspecified atom stereocenters. The highest BCUT2D eigenvalue weighted by atomic mass is 32.1. The second-order valence-electron chi connectivity index (χ2n) is 5.60. The number of hydrogen-bond acceptors (Lipinski definition) is 6. The molecule has 1 aromatic carbocycles. The number of aromatic nitrogens is 1. The number of carbonyl (C=O) groups excluding carboxylic acids is 1. The van der Waals surface area contributed by atoms with Crippen molar-refractivity contribution in [3.63, 3.8) is 0 Å². The quantitative estimate of drug-likeness (QED) is 0.802. The molecule has 0 spiro atoms. The Kier molecular flexibility index (Phi) is 6.49. The molecule has 0 saturated heterocycles. The second kappa shape index (κ2) is 8.60. The van der Waals surface area contributed by atoms with Crippen LogP contribution in [0.15, 0.2) is 18.2 Å². The molecule has 2 rings (SSSR count). The topological polar surface area (TPSA) is 98.5 Å². The van der Waals surface area contributed by atoms with Crippen LogP contribution in [0, 0.1) is 24.1 Å². The summed E-state index contributed by atoms with van der Waals surface area (Å²) in [5, 5.41) is 21.7. The van der Waals surface area contributed by atoms with E-state index < -0.39 is 11.9 Å². The van der Waals surface area contributed by atoms with Crippen LogP contribution >= 0.6 is 11.3 Å². The van der Waals surface area contributed by atoms with Crippen LogP contribution in [-0.4, -0.2) is 40.2 Å². The lowest BCUT2D eigenvalue weighted by molar-refractivity contribution is 0.141. The molecule has 0 bridgehead atoms. The van der Waals surface area contributed by atoms with E-state index in [0.717, 1.165) is 17.4 Å². The summed E-state index contributed by atoms with van der Waals surface area (Å²) in [5.41, 5.74) is 0.666. The van der Waals surface area contributed by atoms with Gasteiger partial charge in [0.2, 0.25) is 5.06 Å². The van der Waals surface area contributed by atoms with Gasteiger partial charge < -0.3 is 14.7 Å². The molecule has 2 N–H and O–H groups in total. The van der Waals surface area contributed by atoms with Crippen LogP contribution < -0.4 is 10.1 Å². The summed E-state index contributed by atoms with van der Waals surface area (Å²) in [6, 6.07) is 5.17. The highest BCUT2D eigenvalue weighted by Gasteiger charge is 2.17. The minimum atomic E-state index is -0.639. The van der Waals surface area contributed by atoms with E-state index >= 15 is 0 Å². The van der Waals surface area contributed by atoms with Crippen LogP contribution in [0.2, 0.25) is 0 Å². The van der Waals surface area contributed by atoms with Gasteiger partial charge in [-0.25, -0.2) is 14.2 Å². The monoisotopic (exact) mass is 378 g/mol. The van der Waals surface area contributed by atoms with Gasteiger partial charge in [0.25, 0.3) is 0 Å². The van der Waals surface area contributed by atoms with Gasteiger partial charge in [-0.15, -0.1) is 0 Å². The van der Waals surface area contributed by atoms with E-state index in [1.807, 2.05) is 6.07 Å². The van der Waals surface area contributed by atoms with Crippen molar-refractivity contribution >= 4 is 22.5 Å². The van der Waals surface area contributed by atoms with Gasteiger partial charge in [-0.05, 0) is 32.9 Å². The Bertz CT molecular complexity index is 832. The third-order valence-corrected chi connectivity index (χ3v) is 4.28. The number of nitrogens with zero attached hydrogens (tertiary/aromatic N) is 3. The van der Waals surface area contributed by atoms with E-state index in [0.29, 0.717) is 22.4 Å². The number of carbonyl (C=O) groups is 1. The number of amides is 2. The summed E-state index contributed by atoms with van der Waals surface area (Å²) in [4.78, 5) is 17.9. The molecule has 26 heavy (non-hydrogen) atoms. The number of likely N-dealkylation sites (N-methyl/N-ethyl adjacent to an activating group) is 1. The molecule has 7 nitrogen and oxygen atoms in total. The first-order valence-electron chi connectivity index (χ1n) is 7.92. The van der Waals surface area contributed by atoms with Crippen molar-refractivity contribution in [1.82, 2.24) is 9.88 Å². The van der Waals surface area contributed by atoms with Crippen LogP contribution in [0.5, 0.6) is 10.8 Å². The molecule has 9 heteroatoms. The van der Waals surface area contributed by atoms with Gasteiger partial charge in [0.15, 0.2) is 5.13 Å². The molecule has 0 aliphatic heterocycles. The predicted molar refractivity (Wildman–Crippen MR) is 96.0 cm³/mol. The van der Waals surface area contributed by atoms with Crippen molar-refractivity contribution in [2.24, 2.45) is 0 Å². The molecule has 0 radical (unpaired) electrons. The maximum Gasteiger partial charge on any atom is 0.323 e. The third-order valence-electron chi connectivity index (χ3n) is 3.33. The van der Waals surface area contributed by atoms with Gasteiger partial charge >= 0.3 is 6.03 Å². The number of thiazole rings is 1. The minimum Gasteiger partial charge on any atom is -0.444 e. The Morgan fingerprint density at radius 2 is 2.27 bits per heavy atom.